The second-order valence-electron chi connectivity index (χ2n) is 4.00. The predicted octanol–water partition coefficient (Wildman–Crippen LogP) is 3.20. The van der Waals surface area contributed by atoms with Crippen molar-refractivity contribution in [2.45, 2.75) is 24.8 Å². The van der Waals surface area contributed by atoms with E-state index in [2.05, 4.69) is 0 Å². The van der Waals surface area contributed by atoms with Crippen LogP contribution in [0, 0.1) is 0 Å². The van der Waals surface area contributed by atoms with E-state index in [1.807, 2.05) is 0 Å². The van der Waals surface area contributed by atoms with Crippen molar-refractivity contribution in [1.29, 1.82) is 0 Å². The minimum absolute atomic E-state index is 0.0724. The number of carboxylic acids is 1. The highest BCUT2D eigenvalue weighted by atomic mass is 19.4. The van der Waals surface area contributed by atoms with Crippen molar-refractivity contribution >= 4 is 5.97 Å². The summed E-state index contributed by atoms with van der Waals surface area (Å²) < 4.78 is 75.5. The molecule has 9 heteroatoms. The minimum Gasteiger partial charge on any atom is -0.481 e. The van der Waals surface area contributed by atoms with Gasteiger partial charge in [-0.15, -0.1) is 0 Å². The molecule has 0 aliphatic carbocycles. The summed E-state index contributed by atoms with van der Waals surface area (Å²) in [6.07, 6.45) is -10.8. The Kier molecular flexibility index (Phi) is 4.33. The third-order valence-electron chi connectivity index (χ3n) is 2.48. The summed E-state index contributed by atoms with van der Waals surface area (Å²) in [6.45, 7) is 0. The summed E-state index contributed by atoms with van der Waals surface area (Å²) in [5, 5.41) is 8.48. The number of hydrogen-bond donors (Lipinski definition) is 2. The molecule has 0 spiro atoms. The van der Waals surface area contributed by atoms with Crippen molar-refractivity contribution in [3.8, 4) is 0 Å². The van der Waals surface area contributed by atoms with Crippen molar-refractivity contribution in [1.82, 2.24) is 0 Å². The summed E-state index contributed by atoms with van der Waals surface area (Å²) in [4.78, 5) is 10.4. The Morgan fingerprint density at radius 2 is 1.70 bits per heavy atom. The number of alkyl halides is 6. The molecule has 0 aliphatic rings. The molecule has 3 N–H and O–H groups in total. The van der Waals surface area contributed by atoms with Crippen LogP contribution in [0.5, 0.6) is 0 Å². The van der Waals surface area contributed by atoms with Gasteiger partial charge in [0.2, 0.25) is 0 Å². The van der Waals surface area contributed by atoms with Crippen LogP contribution in [0.2, 0.25) is 0 Å². The maximum atomic E-state index is 12.7. The topological polar surface area (TPSA) is 63.3 Å². The fraction of sp³-hybridized carbons (Fsp3) is 0.364. The standard InChI is InChI=1S/C11H9F6NO2/c12-10(13,14)5-1-2-6(8(18)4-9(19)20)7(3-5)11(15,16)17/h1-3,8H,4,18H2,(H,19,20). The number of carboxylic acid groups (broad SMARTS) is 1. The lowest BCUT2D eigenvalue weighted by atomic mass is 9.96. The SMILES string of the molecule is NC(CC(=O)O)c1ccc(C(F)(F)F)cc1C(F)(F)F. The Bertz CT molecular complexity index is 509. The molecule has 1 unspecified atom stereocenters. The first kappa shape index (κ1) is 16.3. The molecule has 1 aromatic carbocycles. The van der Waals surface area contributed by atoms with E-state index >= 15 is 0 Å². The van der Waals surface area contributed by atoms with Crippen LogP contribution in [0.1, 0.15) is 29.2 Å². The minimum atomic E-state index is -5.06. The van der Waals surface area contributed by atoms with Crippen LogP contribution in [0.15, 0.2) is 18.2 Å². The molecule has 0 aromatic heterocycles. The zero-order valence-electron chi connectivity index (χ0n) is 9.72. The van der Waals surface area contributed by atoms with Gasteiger partial charge < -0.3 is 10.8 Å². The van der Waals surface area contributed by atoms with Gasteiger partial charge in [-0.05, 0) is 17.7 Å². The Labute approximate surface area is 109 Å². The summed E-state index contributed by atoms with van der Waals surface area (Å²) in [5.41, 5.74) is 1.55. The molecule has 0 bridgehead atoms. The number of halogens is 6. The maximum Gasteiger partial charge on any atom is 0.416 e. The number of carbonyl (C=O) groups is 1. The molecular formula is C11H9F6NO2. The van der Waals surface area contributed by atoms with Gasteiger partial charge in [-0.25, -0.2) is 0 Å². The first-order valence-corrected chi connectivity index (χ1v) is 5.18. The van der Waals surface area contributed by atoms with Gasteiger partial charge in [-0.1, -0.05) is 6.07 Å². The number of benzene rings is 1. The molecule has 1 rings (SSSR count). The number of hydrogen-bond acceptors (Lipinski definition) is 2. The molecule has 1 atom stereocenters. The van der Waals surface area contributed by atoms with Crippen LogP contribution in [-0.2, 0) is 17.1 Å². The lowest BCUT2D eigenvalue weighted by molar-refractivity contribution is -0.144. The predicted molar refractivity (Wildman–Crippen MR) is 55.6 cm³/mol. The number of rotatable bonds is 3. The van der Waals surface area contributed by atoms with Crippen molar-refractivity contribution in [3.05, 3.63) is 34.9 Å². The van der Waals surface area contributed by atoms with E-state index in [0.717, 1.165) is 0 Å². The number of nitrogens with two attached hydrogens (primary N) is 1. The molecule has 0 heterocycles. The van der Waals surface area contributed by atoms with E-state index in [1.54, 1.807) is 0 Å². The van der Waals surface area contributed by atoms with Gasteiger partial charge in [0.1, 0.15) is 0 Å². The van der Waals surface area contributed by atoms with Crippen LogP contribution >= 0.6 is 0 Å². The zero-order valence-corrected chi connectivity index (χ0v) is 9.72. The Balaban J connectivity index is 3.35. The van der Waals surface area contributed by atoms with Crippen LogP contribution in [0.4, 0.5) is 26.3 Å². The van der Waals surface area contributed by atoms with Crippen molar-refractivity contribution < 1.29 is 36.2 Å². The molecule has 0 amide bonds. The summed E-state index contributed by atoms with van der Waals surface area (Å²) in [5.74, 6) is -1.45. The summed E-state index contributed by atoms with van der Waals surface area (Å²) in [7, 11) is 0. The van der Waals surface area contributed by atoms with Crippen LogP contribution in [-0.4, -0.2) is 11.1 Å². The van der Waals surface area contributed by atoms with E-state index < -0.39 is 47.5 Å². The Hall–Kier alpha value is -1.77. The molecule has 0 aliphatic heterocycles. The lowest BCUT2D eigenvalue weighted by Crippen LogP contribution is -2.21. The highest BCUT2D eigenvalue weighted by Crippen LogP contribution is 2.39. The molecule has 0 fully saturated rings. The molecular weight excluding hydrogens is 292 g/mol. The van der Waals surface area contributed by atoms with Crippen molar-refractivity contribution in [3.63, 3.8) is 0 Å². The smallest absolute Gasteiger partial charge is 0.416 e. The molecule has 0 saturated carbocycles. The van der Waals surface area contributed by atoms with Gasteiger partial charge >= 0.3 is 18.3 Å². The summed E-state index contributed by atoms with van der Waals surface area (Å²) in [6, 6.07) is -0.630. The van der Waals surface area contributed by atoms with E-state index in [4.69, 9.17) is 10.8 Å². The van der Waals surface area contributed by atoms with Crippen LogP contribution in [0.3, 0.4) is 0 Å². The fourth-order valence-electron chi connectivity index (χ4n) is 1.60. The highest BCUT2D eigenvalue weighted by Gasteiger charge is 2.39. The van der Waals surface area contributed by atoms with Gasteiger partial charge in [0, 0.05) is 6.04 Å². The molecule has 20 heavy (non-hydrogen) atoms. The first-order valence-electron chi connectivity index (χ1n) is 5.18. The van der Waals surface area contributed by atoms with Gasteiger partial charge in [-0.3, -0.25) is 4.79 Å². The van der Waals surface area contributed by atoms with Crippen LogP contribution in [0.25, 0.3) is 0 Å². The van der Waals surface area contributed by atoms with E-state index in [-0.39, 0.29) is 6.07 Å². The monoisotopic (exact) mass is 301 g/mol. The van der Waals surface area contributed by atoms with Crippen molar-refractivity contribution in [2.24, 2.45) is 5.73 Å². The molecule has 112 valence electrons. The first-order chi connectivity index (χ1) is 8.93. The molecule has 0 saturated heterocycles. The quantitative estimate of drug-likeness (QED) is 0.843. The molecule has 1 aromatic rings. The van der Waals surface area contributed by atoms with E-state index in [0.29, 0.717) is 12.1 Å². The molecule has 0 radical (unpaired) electrons. The second-order valence-corrected chi connectivity index (χ2v) is 4.00. The Morgan fingerprint density at radius 1 is 1.15 bits per heavy atom. The lowest BCUT2D eigenvalue weighted by Gasteiger charge is -2.19. The number of aliphatic carboxylic acids is 1. The third kappa shape index (κ3) is 3.86. The fourth-order valence-corrected chi connectivity index (χ4v) is 1.60. The van der Waals surface area contributed by atoms with Gasteiger partial charge in [0.05, 0.1) is 17.5 Å². The largest absolute Gasteiger partial charge is 0.481 e. The van der Waals surface area contributed by atoms with Gasteiger partial charge in [-0.2, -0.15) is 26.3 Å². The highest BCUT2D eigenvalue weighted by molar-refractivity contribution is 5.68. The second kappa shape index (κ2) is 5.31. The normalized spacial score (nSPS) is 14.2. The van der Waals surface area contributed by atoms with Crippen LogP contribution < -0.4 is 5.73 Å². The van der Waals surface area contributed by atoms with Crippen molar-refractivity contribution in [2.75, 3.05) is 0 Å². The Morgan fingerprint density at radius 3 is 2.10 bits per heavy atom. The average Bonchev–Trinajstić information content (AvgIpc) is 2.24. The average molecular weight is 301 g/mol. The van der Waals surface area contributed by atoms with E-state index in [1.165, 1.54) is 0 Å². The van der Waals surface area contributed by atoms with Gasteiger partial charge in [0.25, 0.3) is 0 Å². The summed E-state index contributed by atoms with van der Waals surface area (Å²) >= 11 is 0. The maximum absolute atomic E-state index is 12.7. The zero-order chi connectivity index (χ0) is 15.7. The third-order valence-corrected chi connectivity index (χ3v) is 2.48. The molecule has 3 nitrogen and oxygen atoms in total. The van der Waals surface area contributed by atoms with Gasteiger partial charge in [0.15, 0.2) is 0 Å². The van der Waals surface area contributed by atoms with E-state index in [9.17, 15) is 31.1 Å².